The number of hydrogen-bond donors (Lipinski definition) is 1. The van der Waals surface area contributed by atoms with Gasteiger partial charge in [-0.25, -0.2) is 0 Å². The molecule has 1 unspecified atom stereocenters. The van der Waals surface area contributed by atoms with Crippen molar-refractivity contribution in [1.82, 2.24) is 5.32 Å². The van der Waals surface area contributed by atoms with E-state index in [2.05, 4.69) is 33.4 Å². The number of rotatable bonds is 5. The molecule has 1 nitrogen and oxygen atoms in total. The third-order valence-corrected chi connectivity index (χ3v) is 5.80. The summed E-state index contributed by atoms with van der Waals surface area (Å²) in [5.41, 5.74) is 1.14. The average Bonchev–Trinajstić information content (AvgIpc) is 2.45. The van der Waals surface area contributed by atoms with Gasteiger partial charge in [-0.15, -0.1) is 11.8 Å². The van der Waals surface area contributed by atoms with Gasteiger partial charge in [-0.1, -0.05) is 41.4 Å². The summed E-state index contributed by atoms with van der Waals surface area (Å²) in [4.78, 5) is 1.23. The number of thioether (sulfide) groups is 1. The van der Waals surface area contributed by atoms with Crippen LogP contribution < -0.4 is 5.32 Å². The van der Waals surface area contributed by atoms with Crippen molar-refractivity contribution in [2.45, 2.75) is 10.9 Å². The number of benzene rings is 2. The van der Waals surface area contributed by atoms with Crippen molar-refractivity contribution >= 4 is 50.9 Å². The van der Waals surface area contributed by atoms with E-state index in [0.717, 1.165) is 15.8 Å². The number of halogens is 3. The minimum absolute atomic E-state index is 0.224. The minimum atomic E-state index is 0.224. The lowest BCUT2D eigenvalue weighted by Gasteiger charge is -2.17. The zero-order chi connectivity index (χ0) is 14.5. The van der Waals surface area contributed by atoms with E-state index in [1.807, 2.05) is 37.4 Å². The Kier molecular flexibility index (Phi) is 6.24. The molecular formula is C15H14BrCl2NS. The van der Waals surface area contributed by atoms with Crippen LogP contribution in [0.2, 0.25) is 10.0 Å². The molecule has 0 saturated heterocycles. The van der Waals surface area contributed by atoms with Crippen LogP contribution >= 0.6 is 50.9 Å². The Balaban J connectivity index is 2.09. The quantitative estimate of drug-likeness (QED) is 0.646. The molecule has 2 rings (SSSR count). The average molecular weight is 391 g/mol. The molecule has 106 valence electrons. The SMILES string of the molecule is CNC(CSc1ccccc1Br)c1ccc(Cl)c(Cl)c1. The molecule has 0 aliphatic heterocycles. The predicted octanol–water partition coefficient (Wildman–Crippen LogP) is 5.81. The van der Waals surface area contributed by atoms with Crippen LogP contribution in [0, 0.1) is 0 Å². The third-order valence-electron chi connectivity index (χ3n) is 2.94. The monoisotopic (exact) mass is 389 g/mol. The van der Waals surface area contributed by atoms with Crippen molar-refractivity contribution in [3.8, 4) is 0 Å². The van der Waals surface area contributed by atoms with Crippen molar-refractivity contribution in [1.29, 1.82) is 0 Å². The van der Waals surface area contributed by atoms with E-state index in [1.165, 1.54) is 4.90 Å². The number of hydrogen-bond acceptors (Lipinski definition) is 2. The molecule has 5 heteroatoms. The summed E-state index contributed by atoms with van der Waals surface area (Å²) in [5, 5.41) is 4.50. The van der Waals surface area contributed by atoms with Crippen LogP contribution in [0.3, 0.4) is 0 Å². The molecule has 1 atom stereocenters. The van der Waals surface area contributed by atoms with Crippen molar-refractivity contribution in [2.24, 2.45) is 0 Å². The van der Waals surface area contributed by atoms with E-state index < -0.39 is 0 Å². The maximum Gasteiger partial charge on any atom is 0.0595 e. The second-order valence-corrected chi connectivity index (χ2v) is 6.99. The summed E-state index contributed by atoms with van der Waals surface area (Å²) in [6.45, 7) is 0. The van der Waals surface area contributed by atoms with Crippen LogP contribution in [0.25, 0.3) is 0 Å². The van der Waals surface area contributed by atoms with Gasteiger partial charge in [0, 0.05) is 21.2 Å². The first-order chi connectivity index (χ1) is 9.61. The van der Waals surface area contributed by atoms with Gasteiger partial charge < -0.3 is 5.32 Å². The highest BCUT2D eigenvalue weighted by atomic mass is 79.9. The first-order valence-electron chi connectivity index (χ1n) is 6.11. The van der Waals surface area contributed by atoms with E-state index in [-0.39, 0.29) is 6.04 Å². The van der Waals surface area contributed by atoms with Gasteiger partial charge in [0.05, 0.1) is 10.0 Å². The Labute approximate surface area is 142 Å². The molecule has 0 aliphatic rings. The van der Waals surface area contributed by atoms with Crippen LogP contribution in [0.15, 0.2) is 51.8 Å². The lowest BCUT2D eigenvalue weighted by atomic mass is 10.1. The van der Waals surface area contributed by atoms with Crippen molar-refractivity contribution in [2.75, 3.05) is 12.8 Å². The van der Waals surface area contributed by atoms with E-state index in [0.29, 0.717) is 10.0 Å². The molecule has 0 amide bonds. The molecular weight excluding hydrogens is 377 g/mol. The van der Waals surface area contributed by atoms with Gasteiger partial charge in [0.15, 0.2) is 0 Å². The van der Waals surface area contributed by atoms with Crippen molar-refractivity contribution in [3.05, 3.63) is 62.5 Å². The van der Waals surface area contributed by atoms with Gasteiger partial charge in [-0.05, 0) is 52.8 Å². The number of nitrogens with one attached hydrogen (secondary N) is 1. The van der Waals surface area contributed by atoms with Gasteiger partial charge in [-0.3, -0.25) is 0 Å². The molecule has 0 fully saturated rings. The largest absolute Gasteiger partial charge is 0.312 e. The molecule has 2 aromatic rings. The molecule has 0 spiro atoms. The second kappa shape index (κ2) is 7.71. The molecule has 0 aliphatic carbocycles. The van der Waals surface area contributed by atoms with Crippen molar-refractivity contribution < 1.29 is 0 Å². The Morgan fingerprint density at radius 1 is 1.15 bits per heavy atom. The standard InChI is InChI=1S/C15H14BrCl2NS/c1-19-14(10-6-7-12(17)13(18)8-10)9-20-15-5-3-2-4-11(15)16/h2-8,14,19H,9H2,1H3. The van der Waals surface area contributed by atoms with Crippen LogP contribution in [0.1, 0.15) is 11.6 Å². The fraction of sp³-hybridized carbons (Fsp3) is 0.200. The molecule has 1 N–H and O–H groups in total. The summed E-state index contributed by atoms with van der Waals surface area (Å²) in [6, 6.07) is 14.2. The van der Waals surface area contributed by atoms with Gasteiger partial charge in [0.25, 0.3) is 0 Å². The Morgan fingerprint density at radius 2 is 1.90 bits per heavy atom. The van der Waals surface area contributed by atoms with E-state index in [4.69, 9.17) is 23.2 Å². The highest BCUT2D eigenvalue weighted by Crippen LogP contribution is 2.32. The lowest BCUT2D eigenvalue weighted by Crippen LogP contribution is -2.18. The summed E-state index contributed by atoms with van der Waals surface area (Å²) in [5.74, 6) is 0.914. The smallest absolute Gasteiger partial charge is 0.0595 e. The van der Waals surface area contributed by atoms with Crippen LogP contribution in [0.5, 0.6) is 0 Å². The second-order valence-electron chi connectivity index (χ2n) is 4.26. The molecule has 0 saturated carbocycles. The summed E-state index contributed by atoms with van der Waals surface area (Å²) in [7, 11) is 1.95. The summed E-state index contributed by atoms with van der Waals surface area (Å²) >= 11 is 17.4. The van der Waals surface area contributed by atoms with Crippen LogP contribution in [-0.4, -0.2) is 12.8 Å². The van der Waals surface area contributed by atoms with E-state index >= 15 is 0 Å². The molecule has 0 bridgehead atoms. The Bertz CT molecular complexity index is 592. The normalized spacial score (nSPS) is 12.4. The lowest BCUT2D eigenvalue weighted by molar-refractivity contribution is 0.662. The summed E-state index contributed by atoms with van der Waals surface area (Å²) in [6.07, 6.45) is 0. The van der Waals surface area contributed by atoms with Crippen LogP contribution in [0.4, 0.5) is 0 Å². The van der Waals surface area contributed by atoms with Gasteiger partial charge in [0.1, 0.15) is 0 Å². The maximum absolute atomic E-state index is 6.08. The zero-order valence-electron chi connectivity index (χ0n) is 10.9. The molecule has 2 aromatic carbocycles. The molecule has 0 aromatic heterocycles. The third kappa shape index (κ3) is 4.15. The van der Waals surface area contributed by atoms with E-state index in [9.17, 15) is 0 Å². The van der Waals surface area contributed by atoms with Gasteiger partial charge >= 0.3 is 0 Å². The Hall–Kier alpha value is -0.190. The van der Waals surface area contributed by atoms with Crippen molar-refractivity contribution in [3.63, 3.8) is 0 Å². The topological polar surface area (TPSA) is 12.0 Å². The van der Waals surface area contributed by atoms with Gasteiger partial charge in [0.2, 0.25) is 0 Å². The first kappa shape index (κ1) is 16.2. The molecule has 0 heterocycles. The Morgan fingerprint density at radius 3 is 2.55 bits per heavy atom. The fourth-order valence-corrected chi connectivity index (χ4v) is 3.83. The highest BCUT2D eigenvalue weighted by molar-refractivity contribution is 9.10. The molecule has 20 heavy (non-hydrogen) atoms. The first-order valence-corrected chi connectivity index (χ1v) is 8.65. The van der Waals surface area contributed by atoms with Crippen LogP contribution in [-0.2, 0) is 0 Å². The zero-order valence-corrected chi connectivity index (χ0v) is 14.8. The summed E-state index contributed by atoms with van der Waals surface area (Å²) < 4.78 is 1.12. The minimum Gasteiger partial charge on any atom is -0.312 e. The van der Waals surface area contributed by atoms with E-state index in [1.54, 1.807) is 11.8 Å². The maximum atomic E-state index is 6.08. The van der Waals surface area contributed by atoms with Gasteiger partial charge in [-0.2, -0.15) is 0 Å². The fourth-order valence-electron chi connectivity index (χ4n) is 1.81. The molecule has 0 radical (unpaired) electrons. The highest BCUT2D eigenvalue weighted by Gasteiger charge is 2.12. The predicted molar refractivity (Wildman–Crippen MR) is 93.1 cm³/mol.